The quantitative estimate of drug-likeness (QED) is 0.381. The molecule has 0 bridgehead atoms. The van der Waals surface area contributed by atoms with Crippen molar-refractivity contribution in [3.8, 4) is 11.6 Å². The van der Waals surface area contributed by atoms with E-state index < -0.39 is 0 Å². The zero-order chi connectivity index (χ0) is 17.3. The number of rotatable bonds is 3. The number of aromatic nitrogens is 1. The van der Waals surface area contributed by atoms with Crippen molar-refractivity contribution in [2.24, 2.45) is 0 Å². The summed E-state index contributed by atoms with van der Waals surface area (Å²) < 4.78 is 6.06. The van der Waals surface area contributed by atoms with Crippen LogP contribution in [0.25, 0.3) is 21.5 Å². The van der Waals surface area contributed by atoms with Crippen LogP contribution >= 0.6 is 0 Å². The average molecular weight is 339 g/mol. The Morgan fingerprint density at radius 3 is 2.38 bits per heavy atom. The van der Waals surface area contributed by atoms with Crippen molar-refractivity contribution in [3.05, 3.63) is 78.5 Å². The van der Waals surface area contributed by atoms with E-state index in [1.807, 2.05) is 36.5 Å². The maximum atomic E-state index is 6.06. The molecule has 26 heavy (non-hydrogen) atoms. The smallest absolute Gasteiger partial charge is 0.227 e. The number of pyridine rings is 1. The monoisotopic (exact) mass is 339 g/mol. The summed E-state index contributed by atoms with van der Waals surface area (Å²) in [5.74, 6) is 2.19. The molecule has 0 N–H and O–H groups in total. The highest BCUT2D eigenvalue weighted by molar-refractivity contribution is 6.01. The lowest BCUT2D eigenvalue weighted by Crippen LogP contribution is -1.94. The van der Waals surface area contributed by atoms with Crippen LogP contribution in [0.5, 0.6) is 11.6 Å². The normalized spacial score (nSPS) is 14.9. The zero-order valence-corrected chi connectivity index (χ0v) is 14.7. The first-order valence-electron chi connectivity index (χ1n) is 9.43. The van der Waals surface area contributed by atoms with Gasteiger partial charge in [-0.2, -0.15) is 0 Å². The summed E-state index contributed by atoms with van der Waals surface area (Å²) in [4.78, 5) is 4.49. The molecule has 128 valence electrons. The Kier molecular flexibility index (Phi) is 3.82. The van der Waals surface area contributed by atoms with E-state index in [0.717, 1.165) is 11.1 Å². The molecule has 1 aromatic heterocycles. The van der Waals surface area contributed by atoms with E-state index >= 15 is 0 Å². The van der Waals surface area contributed by atoms with Crippen LogP contribution in [0.3, 0.4) is 0 Å². The number of ether oxygens (including phenoxy) is 1. The number of para-hydroxylation sites is 1. The first-order valence-corrected chi connectivity index (χ1v) is 9.43. The second kappa shape index (κ2) is 6.45. The van der Waals surface area contributed by atoms with Crippen LogP contribution in [-0.4, -0.2) is 4.98 Å². The van der Waals surface area contributed by atoms with E-state index in [-0.39, 0.29) is 0 Å². The third-order valence-corrected chi connectivity index (χ3v) is 5.51. The number of nitrogens with zero attached hydrogens (tertiary/aromatic N) is 1. The van der Waals surface area contributed by atoms with Crippen LogP contribution < -0.4 is 4.74 Å². The van der Waals surface area contributed by atoms with E-state index in [4.69, 9.17) is 4.74 Å². The fourth-order valence-electron chi connectivity index (χ4n) is 4.22. The number of hydrogen-bond acceptors (Lipinski definition) is 2. The van der Waals surface area contributed by atoms with Gasteiger partial charge in [0.25, 0.3) is 0 Å². The van der Waals surface area contributed by atoms with E-state index in [0.29, 0.717) is 11.8 Å². The van der Waals surface area contributed by atoms with Crippen LogP contribution in [0.2, 0.25) is 0 Å². The van der Waals surface area contributed by atoms with Gasteiger partial charge in [0.05, 0.1) is 0 Å². The molecule has 0 atom stereocenters. The molecular formula is C24H21NO. The first-order chi connectivity index (χ1) is 12.9. The van der Waals surface area contributed by atoms with Gasteiger partial charge in [-0.1, -0.05) is 49.2 Å². The molecule has 1 saturated carbocycles. The zero-order valence-electron chi connectivity index (χ0n) is 14.7. The van der Waals surface area contributed by atoms with Crippen molar-refractivity contribution < 1.29 is 4.74 Å². The van der Waals surface area contributed by atoms with Crippen molar-refractivity contribution in [1.29, 1.82) is 0 Å². The molecule has 0 saturated heterocycles. The lowest BCUT2D eigenvalue weighted by Gasteiger charge is -2.15. The molecule has 2 heteroatoms. The maximum absolute atomic E-state index is 6.06. The van der Waals surface area contributed by atoms with E-state index in [1.54, 1.807) is 0 Å². The predicted octanol–water partition coefficient (Wildman–Crippen LogP) is 6.84. The largest absolute Gasteiger partial charge is 0.438 e. The van der Waals surface area contributed by atoms with Gasteiger partial charge in [0.2, 0.25) is 5.88 Å². The van der Waals surface area contributed by atoms with Crippen molar-refractivity contribution in [3.63, 3.8) is 0 Å². The van der Waals surface area contributed by atoms with Crippen LogP contribution in [0.1, 0.15) is 37.2 Å². The van der Waals surface area contributed by atoms with Crippen LogP contribution in [0, 0.1) is 0 Å². The third kappa shape index (κ3) is 2.72. The van der Waals surface area contributed by atoms with Gasteiger partial charge in [-0.05, 0) is 70.8 Å². The molecule has 0 aliphatic heterocycles. The summed E-state index contributed by atoms with van der Waals surface area (Å²) in [6.07, 6.45) is 7.18. The molecule has 1 aliphatic carbocycles. The fourth-order valence-corrected chi connectivity index (χ4v) is 4.22. The minimum atomic E-state index is 0.668. The van der Waals surface area contributed by atoms with Gasteiger partial charge in [-0.3, -0.25) is 0 Å². The minimum Gasteiger partial charge on any atom is -0.438 e. The molecule has 0 spiro atoms. The Morgan fingerprint density at radius 1 is 0.769 bits per heavy atom. The lowest BCUT2D eigenvalue weighted by molar-refractivity contribution is 0.469. The molecule has 0 amide bonds. The molecule has 1 heterocycles. The summed E-state index contributed by atoms with van der Waals surface area (Å²) in [6.45, 7) is 0. The highest BCUT2D eigenvalue weighted by Gasteiger charge is 2.19. The van der Waals surface area contributed by atoms with Crippen LogP contribution in [0.15, 0.2) is 72.9 Å². The van der Waals surface area contributed by atoms with Gasteiger partial charge in [0.1, 0.15) is 5.75 Å². The van der Waals surface area contributed by atoms with Gasteiger partial charge in [-0.25, -0.2) is 4.98 Å². The molecule has 0 unspecified atom stereocenters. The van der Waals surface area contributed by atoms with Crippen LogP contribution in [0.4, 0.5) is 0 Å². The summed E-state index contributed by atoms with van der Waals surface area (Å²) in [6, 6.07) is 23.2. The van der Waals surface area contributed by atoms with Gasteiger partial charge in [-0.15, -0.1) is 0 Å². The molecule has 5 rings (SSSR count). The molecule has 1 aliphatic rings. The standard InChI is InChI=1S/C24H21NO/c1-2-10-20(11-3-1)26-24-23-16-18-9-6-12-21(17-7-4-5-8-17)22(18)15-19(23)13-14-25-24/h1-3,6,9-17H,4-5,7-8H2. The van der Waals surface area contributed by atoms with E-state index in [1.165, 1.54) is 47.4 Å². The summed E-state index contributed by atoms with van der Waals surface area (Å²) in [5.41, 5.74) is 1.50. The summed E-state index contributed by atoms with van der Waals surface area (Å²) in [5, 5.41) is 4.90. The Balaban J connectivity index is 1.66. The van der Waals surface area contributed by atoms with Crippen molar-refractivity contribution in [2.45, 2.75) is 31.6 Å². The molecule has 0 radical (unpaired) electrons. The van der Waals surface area contributed by atoms with Gasteiger partial charge < -0.3 is 4.74 Å². The summed E-state index contributed by atoms with van der Waals surface area (Å²) in [7, 11) is 0. The van der Waals surface area contributed by atoms with Crippen LogP contribution in [-0.2, 0) is 0 Å². The fraction of sp³-hybridized carbons (Fsp3) is 0.208. The molecule has 2 nitrogen and oxygen atoms in total. The van der Waals surface area contributed by atoms with Crippen molar-refractivity contribution in [2.75, 3.05) is 0 Å². The Bertz CT molecular complexity index is 1070. The Hall–Kier alpha value is -2.87. The van der Waals surface area contributed by atoms with Crippen molar-refractivity contribution >= 4 is 21.5 Å². The van der Waals surface area contributed by atoms with Gasteiger partial charge in [0, 0.05) is 11.6 Å². The number of fused-ring (bicyclic) bond motifs is 2. The topological polar surface area (TPSA) is 22.1 Å². The summed E-state index contributed by atoms with van der Waals surface area (Å²) >= 11 is 0. The average Bonchev–Trinajstić information content (AvgIpc) is 3.22. The SMILES string of the molecule is c1ccc(Oc2nccc3cc4c(C5CCCC5)cccc4cc23)cc1. The molecule has 3 aromatic carbocycles. The molecule has 4 aromatic rings. The first kappa shape index (κ1) is 15.4. The minimum absolute atomic E-state index is 0.668. The Labute approximate surface area is 153 Å². The molecule has 1 fully saturated rings. The van der Waals surface area contributed by atoms with Gasteiger partial charge >= 0.3 is 0 Å². The second-order valence-corrected chi connectivity index (χ2v) is 7.15. The predicted molar refractivity (Wildman–Crippen MR) is 107 cm³/mol. The number of hydrogen-bond donors (Lipinski definition) is 0. The lowest BCUT2D eigenvalue weighted by atomic mass is 9.91. The van der Waals surface area contributed by atoms with Gasteiger partial charge in [0.15, 0.2) is 0 Å². The third-order valence-electron chi connectivity index (χ3n) is 5.51. The highest BCUT2D eigenvalue weighted by atomic mass is 16.5. The van der Waals surface area contributed by atoms with E-state index in [2.05, 4.69) is 41.4 Å². The number of benzene rings is 3. The maximum Gasteiger partial charge on any atom is 0.227 e. The Morgan fingerprint density at radius 2 is 1.54 bits per heavy atom. The van der Waals surface area contributed by atoms with E-state index in [9.17, 15) is 0 Å². The van der Waals surface area contributed by atoms with Crippen molar-refractivity contribution in [1.82, 2.24) is 4.98 Å². The highest BCUT2D eigenvalue weighted by Crippen LogP contribution is 2.39. The molecular weight excluding hydrogens is 318 g/mol. The second-order valence-electron chi connectivity index (χ2n) is 7.15.